The molecule has 0 spiro atoms. The fourth-order valence-corrected chi connectivity index (χ4v) is 4.04. The van der Waals surface area contributed by atoms with Crippen LogP contribution < -0.4 is 4.90 Å². The molecule has 0 unspecified atom stereocenters. The van der Waals surface area contributed by atoms with Crippen molar-refractivity contribution in [3.63, 3.8) is 0 Å². The highest BCUT2D eigenvalue weighted by Crippen LogP contribution is 2.31. The number of pyridine rings is 1. The van der Waals surface area contributed by atoms with E-state index >= 15 is 0 Å². The van der Waals surface area contributed by atoms with E-state index in [1.807, 2.05) is 45.9 Å². The van der Waals surface area contributed by atoms with Crippen LogP contribution in [0.15, 0.2) is 36.5 Å². The molecule has 33 heavy (non-hydrogen) atoms. The number of rotatable bonds is 3. The minimum Gasteiger partial charge on any atom is -0.370 e. The predicted molar refractivity (Wildman–Crippen MR) is 125 cm³/mol. The Kier molecular flexibility index (Phi) is 5.46. The Morgan fingerprint density at radius 1 is 0.970 bits per heavy atom. The van der Waals surface area contributed by atoms with E-state index in [9.17, 15) is 4.39 Å². The van der Waals surface area contributed by atoms with Gasteiger partial charge in [-0.15, -0.1) is 0 Å². The van der Waals surface area contributed by atoms with E-state index in [1.54, 1.807) is 12.3 Å². The third kappa shape index (κ3) is 4.14. The van der Waals surface area contributed by atoms with Gasteiger partial charge in [0, 0.05) is 24.0 Å². The average Bonchev–Trinajstić information content (AvgIpc) is 2.80. The molecule has 0 bridgehead atoms. The number of ether oxygens (including phenoxy) is 1. The maximum atomic E-state index is 15.0. The molecule has 0 N–H and O–H groups in total. The fraction of sp³-hybridized carbons (Fsp3) is 0.320. The normalized spacial score (nSPS) is 16.4. The highest BCUT2D eigenvalue weighted by atomic mass is 19.1. The molecular weight excluding hydrogens is 419 g/mol. The van der Waals surface area contributed by atoms with Gasteiger partial charge in [-0.1, -0.05) is 6.07 Å². The van der Waals surface area contributed by atoms with Crippen molar-refractivity contribution in [1.29, 1.82) is 0 Å². The summed E-state index contributed by atoms with van der Waals surface area (Å²) in [5.41, 5.74) is 6.20. The molecule has 0 aliphatic carbocycles. The molecule has 0 radical (unpaired) electrons. The van der Waals surface area contributed by atoms with Gasteiger partial charge in [0.25, 0.3) is 0 Å². The van der Waals surface area contributed by atoms with Gasteiger partial charge in [0.1, 0.15) is 23.1 Å². The number of nitrogens with zero attached hydrogens (tertiary/aromatic N) is 6. The largest absolute Gasteiger partial charge is 0.370 e. The highest BCUT2D eigenvalue weighted by molar-refractivity contribution is 5.88. The average molecular weight is 445 g/mol. The molecule has 1 aliphatic heterocycles. The molecule has 1 atom stereocenters. The van der Waals surface area contributed by atoms with Gasteiger partial charge in [-0.05, 0) is 63.1 Å². The summed E-state index contributed by atoms with van der Waals surface area (Å²) in [6.07, 6.45) is 1.66. The lowest BCUT2D eigenvalue weighted by Gasteiger charge is -2.33. The van der Waals surface area contributed by atoms with Crippen molar-refractivity contribution in [2.24, 2.45) is 0 Å². The Bertz CT molecular complexity index is 1360. The topological polar surface area (TPSA) is 76.9 Å². The maximum absolute atomic E-state index is 15.0. The van der Waals surface area contributed by atoms with E-state index in [0.717, 1.165) is 28.2 Å². The molecule has 1 saturated heterocycles. The number of aryl methyl sites for hydroxylation is 4. The highest BCUT2D eigenvalue weighted by Gasteiger charge is 2.26. The van der Waals surface area contributed by atoms with Crippen LogP contribution in [0.5, 0.6) is 0 Å². The number of morpholine rings is 1. The van der Waals surface area contributed by atoms with E-state index in [-0.39, 0.29) is 11.9 Å². The van der Waals surface area contributed by atoms with Crippen molar-refractivity contribution in [2.45, 2.75) is 33.8 Å². The summed E-state index contributed by atoms with van der Waals surface area (Å²) in [4.78, 5) is 25.2. The van der Waals surface area contributed by atoms with Crippen LogP contribution in [-0.4, -0.2) is 44.6 Å². The second-order valence-corrected chi connectivity index (χ2v) is 8.46. The summed E-state index contributed by atoms with van der Waals surface area (Å²) in [5.74, 6) is 0.155. The lowest BCUT2D eigenvalue weighted by molar-refractivity contribution is 0.0391. The predicted octanol–water partition coefficient (Wildman–Crippen LogP) is 4.43. The quantitative estimate of drug-likeness (QED) is 0.463. The van der Waals surface area contributed by atoms with Crippen LogP contribution in [0, 0.1) is 33.5 Å². The van der Waals surface area contributed by atoms with Crippen LogP contribution >= 0.6 is 0 Å². The summed E-state index contributed by atoms with van der Waals surface area (Å²) >= 11 is 0. The van der Waals surface area contributed by atoms with Gasteiger partial charge in [0.05, 0.1) is 24.5 Å². The van der Waals surface area contributed by atoms with Crippen molar-refractivity contribution in [2.75, 3.05) is 24.6 Å². The zero-order valence-corrected chi connectivity index (χ0v) is 19.1. The van der Waals surface area contributed by atoms with Crippen molar-refractivity contribution < 1.29 is 9.13 Å². The molecule has 1 aromatic carbocycles. The van der Waals surface area contributed by atoms with Crippen molar-refractivity contribution >= 4 is 17.1 Å². The van der Waals surface area contributed by atoms with E-state index in [2.05, 4.69) is 19.9 Å². The molecule has 1 aliphatic rings. The summed E-state index contributed by atoms with van der Waals surface area (Å²) in [7, 11) is 0. The number of halogens is 1. The molecular formula is C25H25FN6O. The van der Waals surface area contributed by atoms with Gasteiger partial charge in [-0.3, -0.25) is 4.98 Å². The zero-order chi connectivity index (χ0) is 23.1. The molecule has 7 nitrogen and oxygen atoms in total. The first-order chi connectivity index (χ1) is 15.9. The first kappa shape index (κ1) is 21.3. The van der Waals surface area contributed by atoms with Gasteiger partial charge < -0.3 is 9.64 Å². The second-order valence-electron chi connectivity index (χ2n) is 8.46. The third-order valence-electron chi connectivity index (χ3n) is 5.95. The van der Waals surface area contributed by atoms with Gasteiger partial charge in [0.2, 0.25) is 5.95 Å². The van der Waals surface area contributed by atoms with Crippen molar-refractivity contribution in [3.05, 3.63) is 70.6 Å². The first-order valence-corrected chi connectivity index (χ1v) is 11.0. The number of aromatic nitrogens is 5. The molecule has 0 amide bonds. The molecule has 4 aromatic rings. The molecule has 5 rings (SSSR count). The molecule has 4 heterocycles. The number of anilines is 1. The monoisotopic (exact) mass is 444 g/mol. The Labute approximate surface area is 191 Å². The summed E-state index contributed by atoms with van der Waals surface area (Å²) in [6.45, 7) is 9.32. The minimum absolute atomic E-state index is 0.134. The number of benzene rings is 1. The first-order valence-electron chi connectivity index (χ1n) is 11.0. The van der Waals surface area contributed by atoms with Crippen molar-refractivity contribution in [3.8, 4) is 11.3 Å². The Morgan fingerprint density at radius 2 is 1.79 bits per heavy atom. The minimum atomic E-state index is -0.340. The smallest absolute Gasteiger partial charge is 0.228 e. The standard InChI is InChI=1S/C25H25FN6O/c1-14-5-6-19(20(26)11-14)22-23-24(29-17(4)16(3)28-23)31-25(30-22)32-9-10-33-21(13-32)18-7-8-27-15(2)12-18/h5-8,11-12,21H,9-10,13H2,1-4H3/t21-/m1/s1. The summed E-state index contributed by atoms with van der Waals surface area (Å²) < 4.78 is 21.0. The zero-order valence-electron chi connectivity index (χ0n) is 19.1. The van der Waals surface area contributed by atoms with Gasteiger partial charge >= 0.3 is 0 Å². The molecule has 1 fully saturated rings. The summed E-state index contributed by atoms with van der Waals surface area (Å²) in [5, 5.41) is 0. The van der Waals surface area contributed by atoms with Crippen LogP contribution in [0.25, 0.3) is 22.4 Å². The molecule has 3 aromatic heterocycles. The fourth-order valence-electron chi connectivity index (χ4n) is 4.04. The van der Waals surface area contributed by atoms with E-state index in [0.29, 0.717) is 48.1 Å². The maximum Gasteiger partial charge on any atom is 0.228 e. The van der Waals surface area contributed by atoms with E-state index < -0.39 is 0 Å². The third-order valence-corrected chi connectivity index (χ3v) is 5.95. The number of hydrogen-bond acceptors (Lipinski definition) is 7. The van der Waals surface area contributed by atoms with Crippen LogP contribution in [-0.2, 0) is 4.74 Å². The number of fused-ring (bicyclic) bond motifs is 1. The van der Waals surface area contributed by atoms with Gasteiger partial charge in [-0.25, -0.2) is 19.3 Å². The molecule has 8 heteroatoms. The van der Waals surface area contributed by atoms with Crippen LogP contribution in [0.4, 0.5) is 10.3 Å². The Hall–Kier alpha value is -3.52. The Morgan fingerprint density at radius 3 is 2.58 bits per heavy atom. The van der Waals surface area contributed by atoms with Gasteiger partial charge in [0.15, 0.2) is 5.65 Å². The lowest BCUT2D eigenvalue weighted by atomic mass is 10.1. The van der Waals surface area contributed by atoms with E-state index in [1.165, 1.54) is 6.07 Å². The van der Waals surface area contributed by atoms with E-state index in [4.69, 9.17) is 14.7 Å². The molecule has 168 valence electrons. The number of hydrogen-bond donors (Lipinski definition) is 0. The van der Waals surface area contributed by atoms with Crippen LogP contribution in [0.3, 0.4) is 0 Å². The Balaban J connectivity index is 1.62. The lowest BCUT2D eigenvalue weighted by Crippen LogP contribution is -2.39. The summed E-state index contributed by atoms with van der Waals surface area (Å²) in [6, 6.07) is 9.12. The SMILES string of the molecule is Cc1ccc(-c2nc(N3CCO[C@@H](c4ccnc(C)c4)C3)nc3nc(C)c(C)nc23)c(F)c1. The van der Waals surface area contributed by atoms with Crippen molar-refractivity contribution in [1.82, 2.24) is 24.9 Å². The molecule has 0 saturated carbocycles. The second kappa shape index (κ2) is 8.44. The van der Waals surface area contributed by atoms with Crippen LogP contribution in [0.1, 0.15) is 34.3 Å². The van der Waals surface area contributed by atoms with Crippen LogP contribution in [0.2, 0.25) is 0 Å². The van der Waals surface area contributed by atoms with Gasteiger partial charge in [-0.2, -0.15) is 4.98 Å².